The smallest absolute Gasteiger partial charge is 0.232 e. The lowest BCUT2D eigenvalue weighted by Gasteiger charge is -2.16. The van der Waals surface area contributed by atoms with Crippen LogP contribution in [-0.2, 0) is 22.6 Å². The predicted octanol–water partition coefficient (Wildman–Crippen LogP) is 3.48. The lowest BCUT2D eigenvalue weighted by Crippen LogP contribution is -2.30. The number of hydrogen-bond acceptors (Lipinski definition) is 3. The molecule has 29 heavy (non-hydrogen) atoms. The number of rotatable bonds is 7. The molecule has 2 heterocycles. The van der Waals surface area contributed by atoms with E-state index in [9.17, 15) is 9.59 Å². The average Bonchev–Trinajstić information content (AvgIpc) is 3.28. The summed E-state index contributed by atoms with van der Waals surface area (Å²) in [5.41, 5.74) is 3.07. The number of carbonyl (C=O) groups is 2. The molecule has 1 aliphatic heterocycles. The van der Waals surface area contributed by atoms with Crippen LogP contribution in [-0.4, -0.2) is 39.4 Å². The third-order valence-corrected chi connectivity index (χ3v) is 5.44. The van der Waals surface area contributed by atoms with E-state index in [-0.39, 0.29) is 24.2 Å². The number of fused-ring (bicyclic) bond motifs is 1. The SMILES string of the molecule is CCCn1c(NC(=O)C2CC(=O)N(CCc3ccccc3)C2)nc2ccccc21. The van der Waals surface area contributed by atoms with E-state index in [1.807, 2.05) is 47.0 Å². The number of imidazole rings is 1. The van der Waals surface area contributed by atoms with Gasteiger partial charge in [-0.3, -0.25) is 14.9 Å². The maximum Gasteiger partial charge on any atom is 0.232 e. The van der Waals surface area contributed by atoms with Gasteiger partial charge in [-0.15, -0.1) is 0 Å². The van der Waals surface area contributed by atoms with Crippen LogP contribution in [0.1, 0.15) is 25.3 Å². The minimum absolute atomic E-state index is 0.0446. The Morgan fingerprint density at radius 2 is 1.86 bits per heavy atom. The van der Waals surface area contributed by atoms with Gasteiger partial charge in [0, 0.05) is 26.1 Å². The fraction of sp³-hybridized carbons (Fsp3) is 0.348. The molecule has 0 spiro atoms. The number of carbonyl (C=O) groups excluding carboxylic acids is 2. The van der Waals surface area contributed by atoms with Gasteiger partial charge in [0.25, 0.3) is 0 Å². The van der Waals surface area contributed by atoms with Gasteiger partial charge in [-0.1, -0.05) is 49.4 Å². The molecule has 1 fully saturated rings. The Kier molecular flexibility index (Phi) is 5.60. The van der Waals surface area contributed by atoms with Crippen molar-refractivity contribution in [2.75, 3.05) is 18.4 Å². The molecule has 4 rings (SSSR count). The highest BCUT2D eigenvalue weighted by atomic mass is 16.2. The fourth-order valence-electron chi connectivity index (χ4n) is 3.91. The summed E-state index contributed by atoms with van der Waals surface area (Å²) in [6.07, 6.45) is 2.00. The number of aromatic nitrogens is 2. The summed E-state index contributed by atoms with van der Waals surface area (Å²) in [7, 11) is 0. The van der Waals surface area contributed by atoms with Crippen molar-refractivity contribution < 1.29 is 9.59 Å². The van der Waals surface area contributed by atoms with Gasteiger partial charge in [-0.2, -0.15) is 0 Å². The van der Waals surface area contributed by atoms with Crippen LogP contribution in [0.25, 0.3) is 11.0 Å². The van der Waals surface area contributed by atoms with Crippen LogP contribution in [0.5, 0.6) is 0 Å². The monoisotopic (exact) mass is 390 g/mol. The molecule has 2 amide bonds. The standard InChI is InChI=1S/C23H26N4O2/c1-2-13-27-20-11-7-6-10-19(20)24-23(27)25-22(29)18-15-21(28)26(16-18)14-12-17-8-4-3-5-9-17/h3-11,18H,2,12-16H2,1H3,(H,24,25,29). The third-order valence-electron chi connectivity index (χ3n) is 5.44. The molecule has 6 heteroatoms. The van der Waals surface area contributed by atoms with Gasteiger partial charge in [0.2, 0.25) is 17.8 Å². The fourth-order valence-corrected chi connectivity index (χ4v) is 3.91. The normalized spacial score (nSPS) is 16.5. The van der Waals surface area contributed by atoms with E-state index >= 15 is 0 Å². The summed E-state index contributed by atoms with van der Waals surface area (Å²) >= 11 is 0. The van der Waals surface area contributed by atoms with Crippen LogP contribution in [0.4, 0.5) is 5.95 Å². The highest BCUT2D eigenvalue weighted by molar-refractivity contribution is 5.97. The summed E-state index contributed by atoms with van der Waals surface area (Å²) in [6, 6.07) is 18.0. The Balaban J connectivity index is 1.42. The molecule has 0 bridgehead atoms. The van der Waals surface area contributed by atoms with E-state index in [1.165, 1.54) is 5.56 Å². The molecule has 150 valence electrons. The van der Waals surface area contributed by atoms with Gasteiger partial charge in [0.05, 0.1) is 17.0 Å². The first-order valence-electron chi connectivity index (χ1n) is 10.2. The maximum absolute atomic E-state index is 12.9. The molecule has 1 atom stereocenters. The van der Waals surface area contributed by atoms with Gasteiger partial charge in [-0.05, 0) is 30.5 Å². The summed E-state index contributed by atoms with van der Waals surface area (Å²) in [6.45, 7) is 3.98. The second-order valence-corrected chi connectivity index (χ2v) is 7.54. The molecule has 0 radical (unpaired) electrons. The summed E-state index contributed by atoms with van der Waals surface area (Å²) in [4.78, 5) is 31.7. The minimum Gasteiger partial charge on any atom is -0.342 e. The molecule has 1 aliphatic rings. The van der Waals surface area contributed by atoms with Crippen LogP contribution in [0.3, 0.4) is 0 Å². The van der Waals surface area contributed by atoms with Crippen molar-refractivity contribution in [2.24, 2.45) is 5.92 Å². The van der Waals surface area contributed by atoms with Crippen molar-refractivity contribution >= 4 is 28.8 Å². The molecule has 1 aromatic heterocycles. The van der Waals surface area contributed by atoms with Crippen LogP contribution >= 0.6 is 0 Å². The van der Waals surface area contributed by atoms with Gasteiger partial charge >= 0.3 is 0 Å². The lowest BCUT2D eigenvalue weighted by atomic mass is 10.1. The van der Waals surface area contributed by atoms with E-state index in [4.69, 9.17) is 0 Å². The second-order valence-electron chi connectivity index (χ2n) is 7.54. The zero-order valence-electron chi connectivity index (χ0n) is 16.7. The molecule has 0 saturated carbocycles. The maximum atomic E-state index is 12.9. The van der Waals surface area contributed by atoms with Crippen LogP contribution in [0.2, 0.25) is 0 Å². The van der Waals surface area contributed by atoms with Gasteiger partial charge in [0.15, 0.2) is 0 Å². The van der Waals surface area contributed by atoms with Crippen molar-refractivity contribution in [3.05, 3.63) is 60.2 Å². The largest absolute Gasteiger partial charge is 0.342 e. The number of nitrogens with zero attached hydrogens (tertiary/aromatic N) is 3. The number of benzene rings is 2. The first-order valence-corrected chi connectivity index (χ1v) is 10.2. The Morgan fingerprint density at radius 3 is 2.66 bits per heavy atom. The van der Waals surface area contributed by atoms with E-state index in [2.05, 4.69) is 29.4 Å². The van der Waals surface area contributed by atoms with Crippen molar-refractivity contribution in [3.8, 4) is 0 Å². The van der Waals surface area contributed by atoms with Crippen molar-refractivity contribution in [1.29, 1.82) is 0 Å². The topological polar surface area (TPSA) is 67.2 Å². The zero-order valence-corrected chi connectivity index (χ0v) is 16.7. The summed E-state index contributed by atoms with van der Waals surface area (Å²) in [5.74, 6) is 0.137. The lowest BCUT2D eigenvalue weighted by molar-refractivity contribution is -0.128. The first-order chi connectivity index (χ1) is 14.2. The third kappa shape index (κ3) is 4.16. The molecule has 6 nitrogen and oxygen atoms in total. The van der Waals surface area contributed by atoms with Crippen LogP contribution < -0.4 is 5.32 Å². The molecule has 1 N–H and O–H groups in total. The van der Waals surface area contributed by atoms with E-state index in [0.717, 1.165) is 30.4 Å². The Hall–Kier alpha value is -3.15. The predicted molar refractivity (Wildman–Crippen MR) is 113 cm³/mol. The van der Waals surface area contributed by atoms with Gasteiger partial charge in [0.1, 0.15) is 0 Å². The van der Waals surface area contributed by atoms with E-state index < -0.39 is 0 Å². The Morgan fingerprint density at radius 1 is 1.10 bits per heavy atom. The highest BCUT2D eigenvalue weighted by Crippen LogP contribution is 2.23. The van der Waals surface area contributed by atoms with Crippen LogP contribution in [0.15, 0.2) is 54.6 Å². The molecule has 0 aliphatic carbocycles. The van der Waals surface area contributed by atoms with Gasteiger partial charge < -0.3 is 9.47 Å². The molecular formula is C23H26N4O2. The average molecular weight is 390 g/mol. The highest BCUT2D eigenvalue weighted by Gasteiger charge is 2.34. The number of aryl methyl sites for hydroxylation is 1. The number of hydrogen-bond donors (Lipinski definition) is 1. The first kappa shape index (κ1) is 19.2. The zero-order chi connectivity index (χ0) is 20.2. The Labute approximate surface area is 170 Å². The molecule has 1 saturated heterocycles. The van der Waals surface area contributed by atoms with Crippen LogP contribution in [0, 0.1) is 5.92 Å². The van der Waals surface area contributed by atoms with E-state index in [0.29, 0.717) is 19.0 Å². The van der Waals surface area contributed by atoms with Crippen molar-refractivity contribution in [3.63, 3.8) is 0 Å². The van der Waals surface area contributed by atoms with Crippen molar-refractivity contribution in [1.82, 2.24) is 14.5 Å². The number of para-hydroxylation sites is 2. The van der Waals surface area contributed by atoms with Crippen molar-refractivity contribution in [2.45, 2.75) is 32.7 Å². The quantitative estimate of drug-likeness (QED) is 0.672. The molecule has 1 unspecified atom stereocenters. The molecule has 2 aromatic carbocycles. The number of anilines is 1. The summed E-state index contributed by atoms with van der Waals surface area (Å²) in [5, 5.41) is 2.98. The number of likely N-dealkylation sites (tertiary alicyclic amines) is 1. The minimum atomic E-state index is -0.340. The summed E-state index contributed by atoms with van der Waals surface area (Å²) < 4.78 is 2.04. The Bertz CT molecular complexity index is 1010. The molecule has 3 aromatic rings. The van der Waals surface area contributed by atoms with E-state index in [1.54, 1.807) is 4.90 Å². The second kappa shape index (κ2) is 8.47. The number of amides is 2. The van der Waals surface area contributed by atoms with Gasteiger partial charge in [-0.25, -0.2) is 4.98 Å². The number of nitrogens with one attached hydrogen (secondary N) is 1. The molecular weight excluding hydrogens is 364 g/mol.